The number of carboxylic acid groups (broad SMARTS) is 1. The zero-order valence-corrected chi connectivity index (χ0v) is 9.31. The molecule has 17 heavy (non-hydrogen) atoms. The summed E-state index contributed by atoms with van der Waals surface area (Å²) in [5.41, 5.74) is 0. The van der Waals surface area contributed by atoms with E-state index in [0.29, 0.717) is 0 Å². The maximum Gasteiger partial charge on any atom is 0.408 e. The van der Waals surface area contributed by atoms with Crippen LogP contribution in [0.2, 0.25) is 0 Å². The summed E-state index contributed by atoms with van der Waals surface area (Å²) in [4.78, 5) is 20.9. The van der Waals surface area contributed by atoms with Gasteiger partial charge in [-0.25, -0.2) is 9.59 Å². The zero-order chi connectivity index (χ0) is 12.9. The van der Waals surface area contributed by atoms with Gasteiger partial charge in [0.25, 0.3) is 0 Å². The van der Waals surface area contributed by atoms with Crippen molar-refractivity contribution in [2.75, 3.05) is 39.6 Å². The predicted octanol–water partition coefficient (Wildman–Crippen LogP) is -0.536. The molecular formula is C10H15NO6. The van der Waals surface area contributed by atoms with E-state index in [0.717, 1.165) is 0 Å². The van der Waals surface area contributed by atoms with Gasteiger partial charge in [0.05, 0.1) is 19.8 Å². The van der Waals surface area contributed by atoms with E-state index in [-0.39, 0.29) is 39.6 Å². The molecule has 0 saturated heterocycles. The largest absolute Gasteiger partial charge is 0.480 e. The van der Waals surface area contributed by atoms with Gasteiger partial charge in [0.2, 0.25) is 0 Å². The lowest BCUT2D eigenvalue weighted by molar-refractivity contribution is -0.142. The molecule has 0 unspecified atom stereocenters. The van der Waals surface area contributed by atoms with Crippen molar-refractivity contribution in [1.82, 2.24) is 5.32 Å². The van der Waals surface area contributed by atoms with Crippen molar-refractivity contribution in [2.45, 2.75) is 0 Å². The van der Waals surface area contributed by atoms with E-state index in [1.165, 1.54) is 0 Å². The van der Waals surface area contributed by atoms with Crippen molar-refractivity contribution in [3.8, 4) is 12.3 Å². The first-order valence-corrected chi connectivity index (χ1v) is 4.88. The summed E-state index contributed by atoms with van der Waals surface area (Å²) < 4.78 is 14.3. The fourth-order valence-electron chi connectivity index (χ4n) is 0.763. The number of carboxylic acids is 1. The molecule has 0 aliphatic heterocycles. The van der Waals surface area contributed by atoms with Gasteiger partial charge in [-0.1, -0.05) is 5.92 Å². The number of nitrogens with one attached hydrogen (secondary N) is 1. The molecule has 96 valence electrons. The standard InChI is InChI=1S/C10H15NO6/c1-2-4-17-10(14)11-3-5-15-6-7-16-8-9(12)13/h1H,3-8H2,(H,11,14)(H,12,13). The highest BCUT2D eigenvalue weighted by molar-refractivity contribution is 5.68. The van der Waals surface area contributed by atoms with Crippen LogP contribution in [0.3, 0.4) is 0 Å². The highest BCUT2D eigenvalue weighted by atomic mass is 16.6. The van der Waals surface area contributed by atoms with E-state index < -0.39 is 12.1 Å². The normalized spacial score (nSPS) is 9.35. The number of carbonyl (C=O) groups excluding carboxylic acids is 1. The van der Waals surface area contributed by atoms with E-state index in [4.69, 9.17) is 21.0 Å². The van der Waals surface area contributed by atoms with Crippen molar-refractivity contribution in [3.05, 3.63) is 0 Å². The van der Waals surface area contributed by atoms with Crippen LogP contribution in [0.15, 0.2) is 0 Å². The molecule has 0 atom stereocenters. The van der Waals surface area contributed by atoms with E-state index in [1.807, 2.05) is 0 Å². The van der Waals surface area contributed by atoms with Gasteiger partial charge in [-0.15, -0.1) is 6.42 Å². The minimum atomic E-state index is -1.03. The lowest BCUT2D eigenvalue weighted by Gasteiger charge is -2.06. The molecule has 0 fully saturated rings. The molecular weight excluding hydrogens is 230 g/mol. The second-order valence-electron chi connectivity index (χ2n) is 2.77. The first kappa shape index (κ1) is 15.2. The van der Waals surface area contributed by atoms with Gasteiger partial charge < -0.3 is 24.6 Å². The highest BCUT2D eigenvalue weighted by Gasteiger charge is 1.99. The third kappa shape index (κ3) is 12.2. The number of carbonyl (C=O) groups is 2. The molecule has 0 aromatic rings. The average molecular weight is 245 g/mol. The third-order valence-corrected chi connectivity index (χ3v) is 1.40. The molecule has 0 heterocycles. The molecule has 2 N–H and O–H groups in total. The SMILES string of the molecule is C#CCOC(=O)NCCOCCOCC(=O)O. The van der Waals surface area contributed by atoms with Gasteiger partial charge in [-0.05, 0) is 0 Å². The van der Waals surface area contributed by atoms with E-state index in [9.17, 15) is 9.59 Å². The molecule has 0 aromatic heterocycles. The molecule has 0 aliphatic carbocycles. The zero-order valence-electron chi connectivity index (χ0n) is 9.31. The average Bonchev–Trinajstić information content (AvgIpc) is 2.29. The van der Waals surface area contributed by atoms with Crippen LogP contribution in [0.1, 0.15) is 0 Å². The van der Waals surface area contributed by atoms with Crippen LogP contribution in [0.25, 0.3) is 0 Å². The van der Waals surface area contributed by atoms with Crippen LogP contribution in [0.4, 0.5) is 4.79 Å². The first-order chi connectivity index (χ1) is 8.16. The Bertz CT molecular complexity index is 272. The van der Waals surface area contributed by atoms with Crippen LogP contribution in [-0.2, 0) is 19.0 Å². The Hall–Kier alpha value is -1.78. The van der Waals surface area contributed by atoms with Crippen LogP contribution >= 0.6 is 0 Å². The number of alkyl carbamates (subject to hydrolysis) is 1. The Balaban J connectivity index is 3.16. The summed E-state index contributed by atoms with van der Waals surface area (Å²) in [6.07, 6.45) is 4.28. The van der Waals surface area contributed by atoms with E-state index in [2.05, 4.69) is 16.0 Å². The molecule has 0 aromatic carbocycles. The van der Waals surface area contributed by atoms with Crippen LogP contribution < -0.4 is 5.32 Å². The van der Waals surface area contributed by atoms with Gasteiger partial charge >= 0.3 is 12.1 Å². The molecule has 0 radical (unpaired) electrons. The number of terminal acetylenes is 1. The fourth-order valence-corrected chi connectivity index (χ4v) is 0.763. The monoisotopic (exact) mass is 245 g/mol. The van der Waals surface area contributed by atoms with Gasteiger partial charge in [0.15, 0.2) is 6.61 Å². The van der Waals surface area contributed by atoms with Crippen molar-refractivity contribution in [3.63, 3.8) is 0 Å². The highest BCUT2D eigenvalue weighted by Crippen LogP contribution is 1.80. The Morgan fingerprint density at radius 1 is 1.24 bits per heavy atom. The molecule has 7 nitrogen and oxygen atoms in total. The van der Waals surface area contributed by atoms with E-state index in [1.54, 1.807) is 0 Å². The van der Waals surface area contributed by atoms with Gasteiger partial charge in [0, 0.05) is 6.54 Å². The third-order valence-electron chi connectivity index (χ3n) is 1.40. The van der Waals surface area contributed by atoms with Gasteiger partial charge in [-0.2, -0.15) is 0 Å². The number of aliphatic carboxylic acids is 1. The summed E-state index contributed by atoms with van der Waals surface area (Å²) in [7, 11) is 0. The number of amides is 1. The summed E-state index contributed by atoms with van der Waals surface area (Å²) in [6, 6.07) is 0. The molecule has 1 amide bonds. The Labute approximate surface area is 99.0 Å². The van der Waals surface area contributed by atoms with Crippen molar-refractivity contribution < 1.29 is 28.9 Å². The molecule has 7 heteroatoms. The number of hydrogen-bond donors (Lipinski definition) is 2. The van der Waals surface area contributed by atoms with Crippen LogP contribution in [0, 0.1) is 12.3 Å². The van der Waals surface area contributed by atoms with Gasteiger partial charge in [0.1, 0.15) is 6.61 Å². The number of rotatable bonds is 9. The summed E-state index contributed by atoms with van der Waals surface area (Å²) in [5.74, 6) is 1.13. The van der Waals surface area contributed by atoms with Crippen molar-refractivity contribution in [1.29, 1.82) is 0 Å². The second-order valence-corrected chi connectivity index (χ2v) is 2.77. The Kier molecular flexibility index (Phi) is 9.61. The number of hydrogen-bond acceptors (Lipinski definition) is 5. The summed E-state index contributed by atoms with van der Waals surface area (Å²) in [5, 5.41) is 10.7. The maximum atomic E-state index is 10.8. The summed E-state index contributed by atoms with van der Waals surface area (Å²) in [6.45, 7) is 0.585. The molecule has 0 bridgehead atoms. The second kappa shape index (κ2) is 10.7. The molecule has 0 spiro atoms. The fraction of sp³-hybridized carbons (Fsp3) is 0.600. The smallest absolute Gasteiger partial charge is 0.408 e. The van der Waals surface area contributed by atoms with Crippen molar-refractivity contribution >= 4 is 12.1 Å². The molecule has 0 aliphatic rings. The Morgan fingerprint density at radius 2 is 1.94 bits per heavy atom. The molecule has 0 rings (SSSR count). The van der Waals surface area contributed by atoms with Crippen molar-refractivity contribution in [2.24, 2.45) is 0 Å². The molecule has 0 saturated carbocycles. The van der Waals surface area contributed by atoms with Crippen LogP contribution in [0.5, 0.6) is 0 Å². The quantitative estimate of drug-likeness (QED) is 0.418. The first-order valence-electron chi connectivity index (χ1n) is 4.88. The maximum absolute atomic E-state index is 10.8. The lowest BCUT2D eigenvalue weighted by Crippen LogP contribution is -2.28. The topological polar surface area (TPSA) is 94.1 Å². The minimum absolute atomic E-state index is 0.0737. The van der Waals surface area contributed by atoms with Gasteiger partial charge in [-0.3, -0.25) is 0 Å². The van der Waals surface area contributed by atoms with Crippen LogP contribution in [-0.4, -0.2) is 56.7 Å². The minimum Gasteiger partial charge on any atom is -0.480 e. The Morgan fingerprint density at radius 3 is 2.59 bits per heavy atom. The van der Waals surface area contributed by atoms with E-state index >= 15 is 0 Å². The predicted molar refractivity (Wildman–Crippen MR) is 57.5 cm³/mol. The lowest BCUT2D eigenvalue weighted by atomic mass is 10.6. The summed E-state index contributed by atoms with van der Waals surface area (Å²) >= 11 is 0. The number of ether oxygens (including phenoxy) is 3.